The van der Waals surface area contributed by atoms with E-state index in [1.807, 2.05) is 19.9 Å². The highest BCUT2D eigenvalue weighted by atomic mass is 79.9. The highest BCUT2D eigenvalue weighted by molar-refractivity contribution is 9.10. The number of furan rings is 1. The molecule has 1 unspecified atom stereocenters. The lowest BCUT2D eigenvalue weighted by Crippen LogP contribution is -2.06. The first-order valence-electron chi connectivity index (χ1n) is 5.76. The molecule has 0 amide bonds. The number of rotatable bonds is 3. The molecule has 0 saturated carbocycles. The molecule has 0 spiro atoms. The van der Waals surface area contributed by atoms with Crippen molar-refractivity contribution in [1.82, 2.24) is 0 Å². The summed E-state index contributed by atoms with van der Waals surface area (Å²) in [5.74, 6) is 1.55. The summed E-state index contributed by atoms with van der Waals surface area (Å²) in [6, 6.07) is 7.02. The van der Waals surface area contributed by atoms with E-state index in [1.165, 1.54) is 6.07 Å². The van der Waals surface area contributed by atoms with E-state index in [9.17, 15) is 4.39 Å². The Morgan fingerprint density at radius 3 is 2.56 bits per heavy atom. The van der Waals surface area contributed by atoms with Gasteiger partial charge in [0.15, 0.2) is 0 Å². The molecule has 4 heteroatoms. The van der Waals surface area contributed by atoms with Crippen molar-refractivity contribution in [3.05, 3.63) is 51.6 Å². The maximum atomic E-state index is 13.1. The minimum absolute atomic E-state index is 0.111. The molecule has 1 atom stereocenters. The van der Waals surface area contributed by atoms with Gasteiger partial charge in [0.25, 0.3) is 0 Å². The van der Waals surface area contributed by atoms with Gasteiger partial charge in [-0.1, -0.05) is 0 Å². The first-order valence-corrected chi connectivity index (χ1v) is 6.55. The summed E-state index contributed by atoms with van der Waals surface area (Å²) in [6.45, 7) is 5.92. The van der Waals surface area contributed by atoms with E-state index >= 15 is 0 Å². The van der Waals surface area contributed by atoms with Crippen LogP contribution in [0.15, 0.2) is 33.2 Å². The van der Waals surface area contributed by atoms with E-state index in [-0.39, 0.29) is 11.9 Å². The van der Waals surface area contributed by atoms with Gasteiger partial charge in [0.2, 0.25) is 0 Å². The van der Waals surface area contributed by atoms with Crippen molar-refractivity contribution in [2.24, 2.45) is 0 Å². The molecule has 1 N–H and O–H groups in total. The summed E-state index contributed by atoms with van der Waals surface area (Å²) in [5.41, 5.74) is 1.99. The molecule has 0 saturated heterocycles. The van der Waals surface area contributed by atoms with E-state index in [0.717, 1.165) is 22.8 Å². The van der Waals surface area contributed by atoms with Crippen molar-refractivity contribution in [3.63, 3.8) is 0 Å². The summed E-state index contributed by atoms with van der Waals surface area (Å²) in [4.78, 5) is 0. The molecule has 0 aliphatic heterocycles. The SMILES string of the molecule is Cc1cc(C(C)Nc2ccc(F)c(Br)c2)c(C)o1. The monoisotopic (exact) mass is 311 g/mol. The van der Waals surface area contributed by atoms with Crippen LogP contribution >= 0.6 is 15.9 Å². The van der Waals surface area contributed by atoms with Crippen LogP contribution in [0, 0.1) is 19.7 Å². The summed E-state index contributed by atoms with van der Waals surface area (Å²) in [7, 11) is 0. The molecule has 0 bridgehead atoms. The molecule has 0 radical (unpaired) electrons. The van der Waals surface area contributed by atoms with Gasteiger partial charge in [-0.3, -0.25) is 0 Å². The predicted molar refractivity (Wildman–Crippen MR) is 74.3 cm³/mol. The van der Waals surface area contributed by atoms with E-state index < -0.39 is 0 Å². The van der Waals surface area contributed by atoms with Crippen molar-refractivity contribution < 1.29 is 8.81 Å². The largest absolute Gasteiger partial charge is 0.466 e. The van der Waals surface area contributed by atoms with Crippen molar-refractivity contribution in [3.8, 4) is 0 Å². The fraction of sp³-hybridized carbons (Fsp3) is 0.286. The minimum atomic E-state index is -0.261. The third-order valence-electron chi connectivity index (χ3n) is 2.85. The molecule has 2 nitrogen and oxygen atoms in total. The van der Waals surface area contributed by atoms with E-state index in [4.69, 9.17) is 4.42 Å². The molecular weight excluding hydrogens is 297 g/mol. The molecular formula is C14H15BrFNO. The van der Waals surface area contributed by atoms with Crippen LogP contribution in [0.25, 0.3) is 0 Å². The fourth-order valence-electron chi connectivity index (χ4n) is 1.99. The quantitative estimate of drug-likeness (QED) is 0.865. The van der Waals surface area contributed by atoms with Crippen molar-refractivity contribution in [2.75, 3.05) is 5.32 Å². The average molecular weight is 312 g/mol. The number of hydrogen-bond acceptors (Lipinski definition) is 2. The van der Waals surface area contributed by atoms with Gasteiger partial charge in [-0.05, 0) is 61.0 Å². The molecule has 1 aromatic heterocycles. The third kappa shape index (κ3) is 2.75. The number of benzene rings is 1. The number of halogens is 2. The lowest BCUT2D eigenvalue weighted by Gasteiger charge is -2.15. The summed E-state index contributed by atoms with van der Waals surface area (Å²) in [6.07, 6.45) is 0. The normalized spacial score (nSPS) is 12.5. The second kappa shape index (κ2) is 5.14. The lowest BCUT2D eigenvalue weighted by atomic mass is 10.1. The van der Waals surface area contributed by atoms with Crippen LogP contribution in [0.4, 0.5) is 10.1 Å². The van der Waals surface area contributed by atoms with Gasteiger partial charge in [0, 0.05) is 11.3 Å². The van der Waals surface area contributed by atoms with Crippen molar-refractivity contribution in [1.29, 1.82) is 0 Å². The molecule has 0 fully saturated rings. The molecule has 1 heterocycles. The first-order chi connectivity index (χ1) is 8.47. The Hall–Kier alpha value is -1.29. The Balaban J connectivity index is 2.18. The smallest absolute Gasteiger partial charge is 0.137 e. The standard InChI is InChI=1S/C14H15BrFNO/c1-8-6-12(10(3)18-8)9(2)17-11-4-5-14(16)13(15)7-11/h4-7,9,17H,1-3H3. The molecule has 2 aromatic rings. The van der Waals surface area contributed by atoms with Crippen LogP contribution < -0.4 is 5.32 Å². The Morgan fingerprint density at radius 2 is 2.00 bits per heavy atom. The van der Waals surface area contributed by atoms with Gasteiger partial charge in [0.05, 0.1) is 10.5 Å². The van der Waals surface area contributed by atoms with Crippen molar-refractivity contribution >= 4 is 21.6 Å². The zero-order chi connectivity index (χ0) is 13.3. The Bertz CT molecular complexity index is 565. The second-order valence-electron chi connectivity index (χ2n) is 4.36. The predicted octanol–water partition coefficient (Wildman–Crippen LogP) is 4.97. The highest BCUT2D eigenvalue weighted by Gasteiger charge is 2.12. The van der Waals surface area contributed by atoms with Gasteiger partial charge in [-0.25, -0.2) is 4.39 Å². The minimum Gasteiger partial charge on any atom is -0.466 e. The lowest BCUT2D eigenvalue weighted by molar-refractivity contribution is 0.500. The van der Waals surface area contributed by atoms with Gasteiger partial charge in [-0.15, -0.1) is 0 Å². The second-order valence-corrected chi connectivity index (χ2v) is 5.22. The summed E-state index contributed by atoms with van der Waals surface area (Å²) < 4.78 is 19.1. The highest BCUT2D eigenvalue weighted by Crippen LogP contribution is 2.27. The van der Waals surface area contributed by atoms with Gasteiger partial charge in [0.1, 0.15) is 17.3 Å². The zero-order valence-corrected chi connectivity index (χ0v) is 12.1. The summed E-state index contributed by atoms with van der Waals surface area (Å²) in [5, 5.41) is 3.32. The average Bonchev–Trinajstić information content (AvgIpc) is 2.63. The van der Waals surface area contributed by atoms with Crippen LogP contribution in [0.2, 0.25) is 0 Å². The van der Waals surface area contributed by atoms with Gasteiger partial charge >= 0.3 is 0 Å². The molecule has 2 rings (SSSR count). The van der Waals surface area contributed by atoms with Crippen LogP contribution in [-0.4, -0.2) is 0 Å². The molecule has 96 valence electrons. The number of aryl methyl sites for hydroxylation is 2. The zero-order valence-electron chi connectivity index (χ0n) is 10.6. The fourth-order valence-corrected chi connectivity index (χ4v) is 2.37. The Kier molecular flexibility index (Phi) is 3.76. The van der Waals surface area contributed by atoms with E-state index in [1.54, 1.807) is 12.1 Å². The van der Waals surface area contributed by atoms with Gasteiger partial charge in [-0.2, -0.15) is 0 Å². The van der Waals surface area contributed by atoms with Gasteiger partial charge < -0.3 is 9.73 Å². The van der Waals surface area contributed by atoms with Crippen molar-refractivity contribution in [2.45, 2.75) is 26.8 Å². The van der Waals surface area contributed by atoms with E-state index in [2.05, 4.69) is 28.2 Å². The maximum Gasteiger partial charge on any atom is 0.137 e. The molecule has 18 heavy (non-hydrogen) atoms. The topological polar surface area (TPSA) is 25.2 Å². The van der Waals surface area contributed by atoms with Crippen LogP contribution in [0.3, 0.4) is 0 Å². The Labute approximate surface area is 114 Å². The summed E-state index contributed by atoms with van der Waals surface area (Å²) >= 11 is 3.18. The first kappa shape index (κ1) is 13.1. The number of nitrogens with one attached hydrogen (secondary N) is 1. The number of hydrogen-bond donors (Lipinski definition) is 1. The third-order valence-corrected chi connectivity index (χ3v) is 3.46. The molecule has 1 aromatic carbocycles. The maximum absolute atomic E-state index is 13.1. The number of anilines is 1. The Morgan fingerprint density at radius 1 is 1.28 bits per heavy atom. The van der Waals surface area contributed by atoms with Crippen LogP contribution in [-0.2, 0) is 0 Å². The molecule has 0 aliphatic carbocycles. The molecule has 0 aliphatic rings. The van der Waals surface area contributed by atoms with Crippen LogP contribution in [0.1, 0.15) is 30.0 Å². The van der Waals surface area contributed by atoms with Crippen LogP contribution in [0.5, 0.6) is 0 Å². The van der Waals surface area contributed by atoms with E-state index in [0.29, 0.717) is 4.47 Å².